The molecule has 140 valence electrons. The van der Waals surface area contributed by atoms with Gasteiger partial charge in [-0.25, -0.2) is 9.59 Å². The number of hydrogen-bond donors (Lipinski definition) is 0. The minimum absolute atomic E-state index is 0.345. The predicted molar refractivity (Wildman–Crippen MR) is 109 cm³/mol. The molecule has 5 aromatic rings. The molecule has 0 amide bonds. The van der Waals surface area contributed by atoms with E-state index in [-0.39, 0.29) is 0 Å². The normalized spacial score (nSPS) is 11.0. The Morgan fingerprint density at radius 2 is 1.55 bits per heavy atom. The molecule has 0 bridgehead atoms. The van der Waals surface area contributed by atoms with Crippen molar-refractivity contribution in [3.8, 4) is 17.1 Å². The molecule has 0 aliphatic carbocycles. The first kappa shape index (κ1) is 17.0. The molecule has 0 spiro atoms. The summed E-state index contributed by atoms with van der Waals surface area (Å²) >= 11 is 0. The first-order valence-electron chi connectivity index (χ1n) is 9.01. The monoisotopic (exact) mass is 382 g/mol. The van der Waals surface area contributed by atoms with Crippen LogP contribution in [0.2, 0.25) is 0 Å². The highest BCUT2D eigenvalue weighted by Crippen LogP contribution is 2.33. The van der Waals surface area contributed by atoms with Gasteiger partial charge in [-0.1, -0.05) is 36.4 Å². The number of furan rings is 1. The predicted octanol–water partition coefficient (Wildman–Crippen LogP) is 5.43. The van der Waals surface area contributed by atoms with Crippen molar-refractivity contribution >= 4 is 27.9 Å². The third-order valence-electron chi connectivity index (χ3n) is 4.62. The SMILES string of the molecule is O=C(Oc1ccc2oc(=O)cc(-c3cc4ccccc4o3)c2c1)c1ccccc1. The van der Waals surface area contributed by atoms with E-state index in [4.69, 9.17) is 13.6 Å². The second-order valence-corrected chi connectivity index (χ2v) is 6.54. The second-order valence-electron chi connectivity index (χ2n) is 6.54. The maximum absolute atomic E-state index is 12.4. The van der Waals surface area contributed by atoms with Crippen LogP contribution < -0.4 is 10.4 Å². The molecule has 0 unspecified atom stereocenters. The van der Waals surface area contributed by atoms with Gasteiger partial charge in [0, 0.05) is 22.4 Å². The molecule has 2 aromatic heterocycles. The number of fused-ring (bicyclic) bond motifs is 2. The number of ether oxygens (including phenoxy) is 1. The summed E-state index contributed by atoms with van der Waals surface area (Å²) in [5.74, 6) is 0.417. The van der Waals surface area contributed by atoms with Crippen molar-refractivity contribution in [1.82, 2.24) is 0 Å². The Morgan fingerprint density at radius 1 is 0.759 bits per heavy atom. The van der Waals surface area contributed by atoms with E-state index in [0.717, 1.165) is 11.0 Å². The molecule has 0 atom stereocenters. The van der Waals surface area contributed by atoms with Crippen LogP contribution in [0.5, 0.6) is 5.75 Å². The minimum Gasteiger partial charge on any atom is -0.456 e. The molecular formula is C24H14O5. The van der Waals surface area contributed by atoms with E-state index in [1.807, 2.05) is 36.4 Å². The first-order valence-corrected chi connectivity index (χ1v) is 9.01. The first-order chi connectivity index (χ1) is 14.2. The number of carbonyl (C=O) groups excluding carboxylic acids is 1. The van der Waals surface area contributed by atoms with E-state index < -0.39 is 11.6 Å². The highest BCUT2D eigenvalue weighted by Gasteiger charge is 2.15. The molecule has 5 heteroatoms. The highest BCUT2D eigenvalue weighted by atomic mass is 16.5. The van der Waals surface area contributed by atoms with Crippen LogP contribution in [-0.2, 0) is 0 Å². The van der Waals surface area contributed by atoms with Crippen LogP contribution in [0.25, 0.3) is 33.3 Å². The number of benzene rings is 3. The van der Waals surface area contributed by atoms with Gasteiger partial charge in [-0.2, -0.15) is 0 Å². The summed E-state index contributed by atoms with van der Waals surface area (Å²) in [4.78, 5) is 24.4. The van der Waals surface area contributed by atoms with Crippen molar-refractivity contribution in [3.63, 3.8) is 0 Å². The van der Waals surface area contributed by atoms with Gasteiger partial charge in [-0.15, -0.1) is 0 Å². The lowest BCUT2D eigenvalue weighted by molar-refractivity contribution is 0.0735. The standard InChI is InChI=1S/C24H14O5/c25-23-14-19(22-12-16-8-4-5-9-20(16)28-22)18-13-17(10-11-21(18)29-23)27-24(26)15-6-2-1-3-7-15/h1-14H. The summed E-state index contributed by atoms with van der Waals surface area (Å²) in [5, 5.41) is 1.54. The van der Waals surface area contributed by atoms with Crippen LogP contribution in [0, 0.1) is 0 Å². The molecule has 0 aliphatic heterocycles. The topological polar surface area (TPSA) is 69.7 Å². The Labute approximate surface area is 164 Å². The maximum Gasteiger partial charge on any atom is 0.343 e. The molecule has 0 fully saturated rings. The molecular weight excluding hydrogens is 368 g/mol. The quantitative estimate of drug-likeness (QED) is 0.237. The number of carbonyl (C=O) groups is 1. The molecule has 2 heterocycles. The van der Waals surface area contributed by atoms with Crippen molar-refractivity contribution in [2.75, 3.05) is 0 Å². The van der Waals surface area contributed by atoms with Gasteiger partial charge in [0.25, 0.3) is 0 Å². The zero-order valence-electron chi connectivity index (χ0n) is 15.1. The molecule has 5 rings (SSSR count). The van der Waals surface area contributed by atoms with Gasteiger partial charge in [0.2, 0.25) is 0 Å². The molecule has 0 saturated heterocycles. The number of esters is 1. The number of para-hydroxylation sites is 1. The summed E-state index contributed by atoms with van der Waals surface area (Å²) in [7, 11) is 0. The van der Waals surface area contributed by atoms with E-state index >= 15 is 0 Å². The lowest BCUT2D eigenvalue weighted by Crippen LogP contribution is -2.08. The Balaban J connectivity index is 1.61. The molecule has 0 N–H and O–H groups in total. The average Bonchev–Trinajstić information content (AvgIpc) is 3.18. The lowest BCUT2D eigenvalue weighted by Gasteiger charge is -2.07. The van der Waals surface area contributed by atoms with Crippen LogP contribution in [0.1, 0.15) is 10.4 Å². The lowest BCUT2D eigenvalue weighted by atomic mass is 10.1. The smallest absolute Gasteiger partial charge is 0.343 e. The van der Waals surface area contributed by atoms with Crippen LogP contribution in [0.3, 0.4) is 0 Å². The zero-order valence-corrected chi connectivity index (χ0v) is 15.1. The van der Waals surface area contributed by atoms with Crippen molar-refractivity contribution in [2.24, 2.45) is 0 Å². The van der Waals surface area contributed by atoms with E-state index in [1.165, 1.54) is 6.07 Å². The van der Waals surface area contributed by atoms with E-state index in [1.54, 1.807) is 42.5 Å². The Morgan fingerprint density at radius 3 is 2.38 bits per heavy atom. The van der Waals surface area contributed by atoms with Crippen LogP contribution in [0.4, 0.5) is 0 Å². The fourth-order valence-corrected chi connectivity index (χ4v) is 3.26. The average molecular weight is 382 g/mol. The zero-order chi connectivity index (χ0) is 19.8. The van der Waals surface area contributed by atoms with Crippen molar-refractivity contribution in [3.05, 3.63) is 101 Å². The van der Waals surface area contributed by atoms with Crippen LogP contribution >= 0.6 is 0 Å². The van der Waals surface area contributed by atoms with Crippen molar-refractivity contribution in [1.29, 1.82) is 0 Å². The molecule has 29 heavy (non-hydrogen) atoms. The summed E-state index contributed by atoms with van der Waals surface area (Å²) < 4.78 is 16.7. The second kappa shape index (κ2) is 6.80. The third-order valence-corrected chi connectivity index (χ3v) is 4.62. The number of rotatable bonds is 3. The number of hydrogen-bond acceptors (Lipinski definition) is 5. The van der Waals surface area contributed by atoms with Gasteiger partial charge in [0.15, 0.2) is 0 Å². The van der Waals surface area contributed by atoms with Crippen molar-refractivity contribution < 1.29 is 18.4 Å². The van der Waals surface area contributed by atoms with Gasteiger partial charge in [0.1, 0.15) is 22.7 Å². The molecule has 0 aliphatic rings. The maximum atomic E-state index is 12.4. The fraction of sp³-hybridized carbons (Fsp3) is 0. The molecule has 0 saturated carbocycles. The summed E-state index contributed by atoms with van der Waals surface area (Å²) in [6, 6.07) is 24.4. The Bertz CT molecular complexity index is 1380. The van der Waals surface area contributed by atoms with Crippen LogP contribution in [-0.4, -0.2) is 5.97 Å². The molecule has 3 aromatic carbocycles. The van der Waals surface area contributed by atoms with Gasteiger partial charge in [-0.05, 0) is 42.5 Å². The van der Waals surface area contributed by atoms with Gasteiger partial charge < -0.3 is 13.6 Å². The largest absolute Gasteiger partial charge is 0.456 e. The fourth-order valence-electron chi connectivity index (χ4n) is 3.26. The summed E-state index contributed by atoms with van der Waals surface area (Å²) in [5.41, 5.74) is 1.64. The van der Waals surface area contributed by atoms with E-state index in [9.17, 15) is 9.59 Å². The Hall–Kier alpha value is -4.12. The van der Waals surface area contributed by atoms with Gasteiger partial charge in [0.05, 0.1) is 5.56 Å². The van der Waals surface area contributed by atoms with Gasteiger partial charge >= 0.3 is 11.6 Å². The highest BCUT2D eigenvalue weighted by molar-refractivity contribution is 5.96. The van der Waals surface area contributed by atoms with E-state index in [2.05, 4.69) is 0 Å². The summed E-state index contributed by atoms with van der Waals surface area (Å²) in [6.45, 7) is 0. The third kappa shape index (κ3) is 3.19. The molecule has 5 nitrogen and oxygen atoms in total. The molecule has 0 radical (unpaired) electrons. The van der Waals surface area contributed by atoms with E-state index in [0.29, 0.717) is 33.6 Å². The van der Waals surface area contributed by atoms with Crippen molar-refractivity contribution in [2.45, 2.75) is 0 Å². The summed E-state index contributed by atoms with van der Waals surface area (Å²) in [6.07, 6.45) is 0. The Kier molecular flexibility index (Phi) is 3.99. The van der Waals surface area contributed by atoms with Crippen LogP contribution in [0.15, 0.2) is 98.6 Å². The van der Waals surface area contributed by atoms with Gasteiger partial charge in [-0.3, -0.25) is 0 Å². The minimum atomic E-state index is -0.484.